The SMILES string of the molecule is COc1cc(C)c(F)c(OC)c1C(O)F. The molecule has 0 amide bonds. The summed E-state index contributed by atoms with van der Waals surface area (Å²) in [5.41, 5.74) is -0.0730. The molecule has 0 radical (unpaired) electrons. The van der Waals surface area contributed by atoms with Crippen LogP contribution < -0.4 is 9.47 Å². The zero-order valence-corrected chi connectivity index (χ0v) is 8.67. The van der Waals surface area contributed by atoms with Crippen LogP contribution in [0.25, 0.3) is 0 Å². The average molecular weight is 218 g/mol. The highest BCUT2D eigenvalue weighted by atomic mass is 19.1. The minimum Gasteiger partial charge on any atom is -0.496 e. The first kappa shape index (κ1) is 11.7. The zero-order chi connectivity index (χ0) is 11.6. The van der Waals surface area contributed by atoms with Crippen LogP contribution in [-0.4, -0.2) is 19.3 Å². The van der Waals surface area contributed by atoms with E-state index in [1.165, 1.54) is 27.2 Å². The Labute approximate surface area is 86.2 Å². The lowest BCUT2D eigenvalue weighted by Gasteiger charge is -2.15. The van der Waals surface area contributed by atoms with Gasteiger partial charge < -0.3 is 14.6 Å². The highest BCUT2D eigenvalue weighted by molar-refractivity contribution is 5.49. The molecule has 0 spiro atoms. The van der Waals surface area contributed by atoms with Gasteiger partial charge in [-0.15, -0.1) is 0 Å². The Morgan fingerprint density at radius 1 is 1.33 bits per heavy atom. The number of halogens is 2. The molecule has 0 bridgehead atoms. The van der Waals surface area contributed by atoms with Gasteiger partial charge in [-0.1, -0.05) is 0 Å². The fourth-order valence-electron chi connectivity index (χ4n) is 1.34. The highest BCUT2D eigenvalue weighted by Crippen LogP contribution is 2.38. The van der Waals surface area contributed by atoms with Gasteiger partial charge in [0.15, 0.2) is 11.6 Å². The molecule has 1 unspecified atom stereocenters. The number of hydrogen-bond acceptors (Lipinski definition) is 3. The third-order valence-corrected chi connectivity index (χ3v) is 2.07. The number of aliphatic hydroxyl groups is 1. The molecule has 1 atom stereocenters. The van der Waals surface area contributed by atoms with Crippen molar-refractivity contribution in [2.24, 2.45) is 0 Å². The van der Waals surface area contributed by atoms with Crippen LogP contribution >= 0.6 is 0 Å². The second-order valence-electron chi connectivity index (χ2n) is 2.99. The molecular formula is C10H12F2O3. The number of ether oxygens (including phenoxy) is 2. The maximum Gasteiger partial charge on any atom is 0.230 e. The van der Waals surface area contributed by atoms with Crippen molar-refractivity contribution in [2.45, 2.75) is 13.3 Å². The second kappa shape index (κ2) is 4.44. The summed E-state index contributed by atoms with van der Waals surface area (Å²) in [4.78, 5) is 0. The van der Waals surface area contributed by atoms with Crippen molar-refractivity contribution in [3.63, 3.8) is 0 Å². The van der Waals surface area contributed by atoms with E-state index in [4.69, 9.17) is 14.6 Å². The maximum atomic E-state index is 13.5. The van der Waals surface area contributed by atoms with Crippen LogP contribution in [0.2, 0.25) is 0 Å². The summed E-state index contributed by atoms with van der Waals surface area (Å²) in [6.45, 7) is 1.49. The van der Waals surface area contributed by atoms with Gasteiger partial charge in [-0.3, -0.25) is 0 Å². The Balaban J connectivity index is 3.49. The first-order valence-corrected chi connectivity index (χ1v) is 4.26. The Morgan fingerprint density at radius 3 is 2.33 bits per heavy atom. The van der Waals surface area contributed by atoms with E-state index in [1.807, 2.05) is 0 Å². The molecular weight excluding hydrogens is 206 g/mol. The Morgan fingerprint density at radius 2 is 1.93 bits per heavy atom. The van der Waals surface area contributed by atoms with Gasteiger partial charge in [-0.05, 0) is 18.6 Å². The molecule has 0 heterocycles. The topological polar surface area (TPSA) is 38.7 Å². The summed E-state index contributed by atoms with van der Waals surface area (Å²) < 4.78 is 35.9. The lowest BCUT2D eigenvalue weighted by Crippen LogP contribution is -2.03. The largest absolute Gasteiger partial charge is 0.496 e. The predicted octanol–water partition coefficient (Wildman–Crippen LogP) is 2.11. The van der Waals surface area contributed by atoms with Crippen LogP contribution in [0.15, 0.2) is 6.07 Å². The van der Waals surface area contributed by atoms with Crippen LogP contribution in [0.3, 0.4) is 0 Å². The van der Waals surface area contributed by atoms with Crippen molar-refractivity contribution in [3.05, 3.63) is 23.0 Å². The average Bonchev–Trinajstić information content (AvgIpc) is 2.20. The molecule has 5 heteroatoms. The van der Waals surface area contributed by atoms with Gasteiger partial charge in [0.05, 0.1) is 19.8 Å². The van der Waals surface area contributed by atoms with Gasteiger partial charge in [-0.25, -0.2) is 8.78 Å². The van der Waals surface area contributed by atoms with Gasteiger partial charge in [0.2, 0.25) is 6.36 Å². The number of rotatable bonds is 3. The number of aryl methyl sites for hydroxylation is 1. The standard InChI is InChI=1S/C10H12F2O3/c1-5-4-6(14-2)7(10(12)13)9(15-3)8(5)11/h4,10,13H,1-3H3. The first-order valence-electron chi connectivity index (χ1n) is 4.26. The monoisotopic (exact) mass is 218 g/mol. The maximum absolute atomic E-state index is 13.5. The molecule has 0 saturated carbocycles. The number of benzene rings is 1. The van der Waals surface area contributed by atoms with Gasteiger partial charge >= 0.3 is 0 Å². The molecule has 3 nitrogen and oxygen atoms in total. The zero-order valence-electron chi connectivity index (χ0n) is 8.67. The van der Waals surface area contributed by atoms with Crippen molar-refractivity contribution >= 4 is 0 Å². The van der Waals surface area contributed by atoms with Gasteiger partial charge in [0.25, 0.3) is 0 Å². The van der Waals surface area contributed by atoms with Crippen molar-refractivity contribution in [3.8, 4) is 11.5 Å². The van der Waals surface area contributed by atoms with Gasteiger partial charge in [0.1, 0.15) is 5.75 Å². The number of alkyl halides is 1. The first-order chi connectivity index (χ1) is 7.02. The van der Waals surface area contributed by atoms with E-state index in [0.717, 1.165) is 0 Å². The molecule has 1 rings (SSSR count). The van der Waals surface area contributed by atoms with Gasteiger partial charge in [-0.2, -0.15) is 0 Å². The number of hydrogen-bond donors (Lipinski definition) is 1. The summed E-state index contributed by atoms with van der Waals surface area (Å²) in [5.74, 6) is -0.979. The molecule has 0 aromatic heterocycles. The minimum atomic E-state index is -2.34. The van der Waals surface area contributed by atoms with Crippen LogP contribution in [-0.2, 0) is 0 Å². The van der Waals surface area contributed by atoms with E-state index in [2.05, 4.69) is 0 Å². The normalized spacial score (nSPS) is 12.4. The summed E-state index contributed by atoms with van der Waals surface area (Å²) in [7, 11) is 2.50. The molecule has 1 N–H and O–H groups in total. The van der Waals surface area contributed by atoms with E-state index in [0.29, 0.717) is 0 Å². The molecule has 0 aliphatic rings. The van der Waals surface area contributed by atoms with E-state index >= 15 is 0 Å². The van der Waals surface area contributed by atoms with Crippen molar-refractivity contribution in [1.82, 2.24) is 0 Å². The van der Waals surface area contributed by atoms with E-state index in [9.17, 15) is 8.78 Å². The smallest absolute Gasteiger partial charge is 0.230 e. The van der Waals surface area contributed by atoms with Crippen molar-refractivity contribution < 1.29 is 23.4 Å². The lowest BCUT2D eigenvalue weighted by molar-refractivity contribution is 0.0361. The molecule has 0 aliphatic heterocycles. The minimum absolute atomic E-state index is 0.0563. The summed E-state index contributed by atoms with van der Waals surface area (Å²) in [6, 6.07) is 1.30. The van der Waals surface area contributed by atoms with Crippen LogP contribution in [0.1, 0.15) is 17.5 Å². The molecule has 84 valence electrons. The summed E-state index contributed by atoms with van der Waals surface area (Å²) >= 11 is 0. The lowest BCUT2D eigenvalue weighted by atomic mass is 10.1. The summed E-state index contributed by atoms with van der Waals surface area (Å²) in [6.07, 6.45) is -2.34. The molecule has 1 aromatic rings. The fraction of sp³-hybridized carbons (Fsp3) is 0.400. The molecule has 15 heavy (non-hydrogen) atoms. The van der Waals surface area contributed by atoms with E-state index in [-0.39, 0.29) is 22.6 Å². The predicted molar refractivity (Wildman–Crippen MR) is 50.3 cm³/mol. The second-order valence-corrected chi connectivity index (χ2v) is 2.99. The Hall–Kier alpha value is -1.36. The molecule has 1 aromatic carbocycles. The van der Waals surface area contributed by atoms with Gasteiger partial charge in [0, 0.05) is 0 Å². The Bertz CT molecular complexity index is 364. The van der Waals surface area contributed by atoms with Crippen LogP contribution in [0.4, 0.5) is 8.78 Å². The van der Waals surface area contributed by atoms with Crippen LogP contribution in [0.5, 0.6) is 11.5 Å². The van der Waals surface area contributed by atoms with Crippen molar-refractivity contribution in [2.75, 3.05) is 14.2 Å². The molecule has 0 fully saturated rings. The van der Waals surface area contributed by atoms with E-state index < -0.39 is 12.2 Å². The summed E-state index contributed by atoms with van der Waals surface area (Å²) in [5, 5.41) is 8.87. The van der Waals surface area contributed by atoms with Crippen molar-refractivity contribution in [1.29, 1.82) is 0 Å². The number of methoxy groups -OCH3 is 2. The number of aliphatic hydroxyl groups excluding tert-OH is 1. The third kappa shape index (κ3) is 2.02. The Kier molecular flexibility index (Phi) is 3.47. The third-order valence-electron chi connectivity index (χ3n) is 2.07. The fourth-order valence-corrected chi connectivity index (χ4v) is 1.34. The molecule has 0 aliphatic carbocycles. The van der Waals surface area contributed by atoms with Crippen LogP contribution in [0, 0.1) is 12.7 Å². The quantitative estimate of drug-likeness (QED) is 0.844. The molecule has 0 saturated heterocycles. The highest BCUT2D eigenvalue weighted by Gasteiger charge is 2.23. The van der Waals surface area contributed by atoms with E-state index in [1.54, 1.807) is 0 Å².